The predicted molar refractivity (Wildman–Crippen MR) is 88.8 cm³/mol. The Morgan fingerprint density at radius 3 is 2.65 bits per heavy atom. The number of pyridine rings is 1. The third-order valence-electron chi connectivity index (χ3n) is 3.80. The molecule has 6 heteroatoms. The molecule has 3 rings (SSSR count). The van der Waals surface area contributed by atoms with Gasteiger partial charge in [0.05, 0.1) is 12.6 Å². The van der Waals surface area contributed by atoms with Gasteiger partial charge >= 0.3 is 0 Å². The first-order valence-electron chi connectivity index (χ1n) is 7.51. The fraction of sp³-hybridized carbons (Fsp3) is 0.294. The van der Waals surface area contributed by atoms with Crippen LogP contribution in [-0.2, 0) is 4.74 Å². The lowest BCUT2D eigenvalue weighted by Gasteiger charge is -2.22. The number of nitrogens with one attached hydrogen (secondary N) is 2. The Morgan fingerprint density at radius 1 is 1.22 bits per heavy atom. The Kier molecular flexibility index (Phi) is 4.79. The summed E-state index contributed by atoms with van der Waals surface area (Å²) in [6, 6.07) is 10.3. The maximum absolute atomic E-state index is 12.2. The fourth-order valence-electron chi connectivity index (χ4n) is 2.57. The first-order chi connectivity index (χ1) is 11.1. The minimum Gasteiger partial charge on any atom is -0.379 e. The van der Waals surface area contributed by atoms with Gasteiger partial charge in [-0.25, -0.2) is 0 Å². The number of benzene rings is 1. The first kappa shape index (κ1) is 15.8. The molecular weight excluding hydrogens is 316 g/mol. The van der Waals surface area contributed by atoms with Crippen molar-refractivity contribution in [2.75, 3.05) is 13.2 Å². The number of aromatic nitrogens is 1. The number of carbonyl (C=O) groups is 1. The van der Waals surface area contributed by atoms with E-state index in [2.05, 4.69) is 10.3 Å². The number of H-pyrrole nitrogens is 1. The number of amides is 1. The number of aromatic amines is 1. The highest BCUT2D eigenvalue weighted by molar-refractivity contribution is 6.30. The van der Waals surface area contributed by atoms with Crippen molar-refractivity contribution in [2.45, 2.75) is 18.9 Å². The molecule has 1 atom stereocenters. The Morgan fingerprint density at radius 2 is 2.00 bits per heavy atom. The van der Waals surface area contributed by atoms with Crippen molar-refractivity contribution in [3.63, 3.8) is 0 Å². The zero-order valence-corrected chi connectivity index (χ0v) is 13.2. The van der Waals surface area contributed by atoms with Crippen LogP contribution in [0.15, 0.2) is 41.2 Å². The highest BCUT2D eigenvalue weighted by Gasteiger charge is 2.19. The minimum atomic E-state index is -0.410. The average Bonchev–Trinajstić information content (AvgIpc) is 2.56. The quantitative estimate of drug-likeness (QED) is 0.907. The molecule has 1 aliphatic rings. The number of hydrogen-bond acceptors (Lipinski definition) is 3. The molecular formula is C17H17ClN2O3. The van der Waals surface area contributed by atoms with Gasteiger partial charge in [0, 0.05) is 17.3 Å². The molecule has 2 heterocycles. The molecule has 2 aromatic rings. The van der Waals surface area contributed by atoms with E-state index in [-0.39, 0.29) is 17.5 Å². The molecule has 0 bridgehead atoms. The van der Waals surface area contributed by atoms with Crippen molar-refractivity contribution in [3.8, 4) is 11.3 Å². The van der Waals surface area contributed by atoms with Crippen LogP contribution in [0, 0.1) is 0 Å². The monoisotopic (exact) mass is 332 g/mol. The summed E-state index contributed by atoms with van der Waals surface area (Å²) in [5.41, 5.74) is 1.17. The number of halogens is 1. The molecule has 1 fully saturated rings. The van der Waals surface area contributed by atoms with Gasteiger partial charge in [-0.2, -0.15) is 0 Å². The van der Waals surface area contributed by atoms with Crippen molar-refractivity contribution >= 4 is 17.5 Å². The molecule has 0 aliphatic carbocycles. The molecule has 0 unspecified atom stereocenters. The fourth-order valence-corrected chi connectivity index (χ4v) is 2.69. The lowest BCUT2D eigenvalue weighted by Crippen LogP contribution is -2.42. The van der Waals surface area contributed by atoms with Crippen LogP contribution in [0.5, 0.6) is 0 Å². The summed E-state index contributed by atoms with van der Waals surface area (Å²) in [7, 11) is 0. The van der Waals surface area contributed by atoms with Crippen LogP contribution in [0.3, 0.4) is 0 Å². The third kappa shape index (κ3) is 3.81. The van der Waals surface area contributed by atoms with Crippen LogP contribution in [0.25, 0.3) is 11.3 Å². The van der Waals surface area contributed by atoms with Gasteiger partial charge in [0.25, 0.3) is 11.5 Å². The molecule has 5 nitrogen and oxygen atoms in total. The molecule has 0 saturated carbocycles. The van der Waals surface area contributed by atoms with Crippen LogP contribution in [0.1, 0.15) is 23.2 Å². The van der Waals surface area contributed by atoms with Crippen molar-refractivity contribution in [1.29, 1.82) is 0 Å². The van der Waals surface area contributed by atoms with E-state index in [1.165, 1.54) is 0 Å². The van der Waals surface area contributed by atoms with Gasteiger partial charge in [0.15, 0.2) is 0 Å². The van der Waals surface area contributed by atoms with Crippen molar-refractivity contribution in [2.24, 2.45) is 0 Å². The second-order valence-corrected chi connectivity index (χ2v) is 5.95. The molecule has 0 spiro atoms. The maximum atomic E-state index is 12.2. The summed E-state index contributed by atoms with van der Waals surface area (Å²) in [5, 5.41) is 3.47. The number of rotatable bonds is 3. The van der Waals surface area contributed by atoms with Gasteiger partial charge in [-0.05, 0) is 42.7 Å². The number of carbonyl (C=O) groups excluding carboxylic acids is 1. The standard InChI is InChI=1S/C17H17ClN2O3/c18-12-5-3-11(4-6-12)15-8-7-14(17(22)20-15)16(21)19-13-2-1-9-23-10-13/h3-8,13H,1-2,9-10H2,(H,19,21)(H,20,22)/t13-/m1/s1. The zero-order valence-electron chi connectivity index (χ0n) is 12.5. The molecule has 0 radical (unpaired) electrons. The van der Waals surface area contributed by atoms with E-state index in [1.54, 1.807) is 24.3 Å². The van der Waals surface area contributed by atoms with E-state index >= 15 is 0 Å². The maximum Gasteiger partial charge on any atom is 0.261 e. The smallest absolute Gasteiger partial charge is 0.261 e. The highest BCUT2D eigenvalue weighted by Crippen LogP contribution is 2.18. The van der Waals surface area contributed by atoms with E-state index in [1.807, 2.05) is 12.1 Å². The molecule has 1 aromatic carbocycles. The first-order valence-corrected chi connectivity index (χ1v) is 7.89. The van der Waals surface area contributed by atoms with E-state index < -0.39 is 5.56 Å². The Labute approximate surface area is 138 Å². The molecule has 1 saturated heterocycles. The SMILES string of the molecule is O=C(N[C@@H]1CCCOC1)c1ccc(-c2ccc(Cl)cc2)[nH]c1=O. The van der Waals surface area contributed by atoms with Gasteiger partial charge in [-0.15, -0.1) is 0 Å². The van der Waals surface area contributed by atoms with Crippen molar-refractivity contribution in [3.05, 3.63) is 57.3 Å². The van der Waals surface area contributed by atoms with Gasteiger partial charge in [-0.3, -0.25) is 9.59 Å². The predicted octanol–water partition coefficient (Wildman–Crippen LogP) is 2.60. The van der Waals surface area contributed by atoms with Gasteiger partial charge < -0.3 is 15.0 Å². The van der Waals surface area contributed by atoms with Gasteiger partial charge in [0.1, 0.15) is 5.56 Å². The Bertz CT molecular complexity index is 749. The largest absolute Gasteiger partial charge is 0.379 e. The van der Waals surface area contributed by atoms with Gasteiger partial charge in [-0.1, -0.05) is 23.7 Å². The molecule has 1 aromatic heterocycles. The summed E-state index contributed by atoms with van der Waals surface area (Å²) in [6.07, 6.45) is 1.78. The lowest BCUT2D eigenvalue weighted by atomic mass is 10.1. The molecule has 1 aliphatic heterocycles. The van der Waals surface area contributed by atoms with E-state index in [9.17, 15) is 9.59 Å². The van der Waals surface area contributed by atoms with Crippen LogP contribution >= 0.6 is 11.6 Å². The minimum absolute atomic E-state index is 0.0356. The van der Waals surface area contributed by atoms with E-state index in [0.29, 0.717) is 17.3 Å². The Balaban J connectivity index is 1.77. The highest BCUT2D eigenvalue weighted by atomic mass is 35.5. The van der Waals surface area contributed by atoms with Crippen LogP contribution in [0.2, 0.25) is 5.02 Å². The van der Waals surface area contributed by atoms with Gasteiger partial charge in [0.2, 0.25) is 0 Å². The van der Waals surface area contributed by atoms with E-state index in [4.69, 9.17) is 16.3 Å². The zero-order chi connectivity index (χ0) is 16.2. The Hall–Kier alpha value is -2.11. The average molecular weight is 333 g/mol. The second kappa shape index (κ2) is 6.98. The molecule has 1 amide bonds. The molecule has 120 valence electrons. The normalized spacial score (nSPS) is 17.7. The summed E-state index contributed by atoms with van der Waals surface area (Å²) >= 11 is 5.85. The molecule has 2 N–H and O–H groups in total. The van der Waals surface area contributed by atoms with E-state index in [0.717, 1.165) is 25.0 Å². The lowest BCUT2D eigenvalue weighted by molar-refractivity contribution is 0.0623. The third-order valence-corrected chi connectivity index (χ3v) is 4.06. The van der Waals surface area contributed by atoms with Crippen LogP contribution in [-0.4, -0.2) is 30.1 Å². The summed E-state index contributed by atoms with van der Waals surface area (Å²) in [6.45, 7) is 1.22. The van der Waals surface area contributed by atoms with Crippen LogP contribution in [0.4, 0.5) is 0 Å². The topological polar surface area (TPSA) is 71.2 Å². The number of ether oxygens (including phenoxy) is 1. The summed E-state index contributed by atoms with van der Waals surface area (Å²) in [4.78, 5) is 27.2. The van der Waals surface area contributed by atoms with Crippen molar-refractivity contribution < 1.29 is 9.53 Å². The van der Waals surface area contributed by atoms with Crippen LogP contribution < -0.4 is 10.9 Å². The second-order valence-electron chi connectivity index (χ2n) is 5.51. The van der Waals surface area contributed by atoms with Crippen molar-refractivity contribution in [1.82, 2.24) is 10.3 Å². The summed E-state index contributed by atoms with van der Waals surface area (Å²) in [5.74, 6) is -0.371. The summed E-state index contributed by atoms with van der Waals surface area (Å²) < 4.78 is 5.32. The number of hydrogen-bond donors (Lipinski definition) is 2. The molecule has 23 heavy (non-hydrogen) atoms.